The van der Waals surface area contributed by atoms with Crippen molar-refractivity contribution in [2.45, 2.75) is 32.9 Å². The lowest BCUT2D eigenvalue weighted by molar-refractivity contribution is -0.123. The van der Waals surface area contributed by atoms with Crippen molar-refractivity contribution < 1.29 is 9.53 Å². The Morgan fingerprint density at radius 3 is 2.56 bits per heavy atom. The van der Waals surface area contributed by atoms with Gasteiger partial charge in [-0.3, -0.25) is 4.79 Å². The maximum Gasteiger partial charge on any atom is 0.237 e. The first-order valence-corrected chi connectivity index (χ1v) is 6.11. The Morgan fingerprint density at radius 2 is 2.00 bits per heavy atom. The molecule has 2 N–H and O–H groups in total. The Hall–Kier alpha value is -1.55. The van der Waals surface area contributed by atoms with Gasteiger partial charge in [-0.15, -0.1) is 0 Å². The Bertz CT molecular complexity index is 418. The summed E-state index contributed by atoms with van der Waals surface area (Å²) >= 11 is 0. The Balaban J connectivity index is 2.86. The van der Waals surface area contributed by atoms with Gasteiger partial charge < -0.3 is 15.4 Å². The molecule has 0 radical (unpaired) electrons. The number of carbonyl (C=O) groups is 1. The summed E-state index contributed by atoms with van der Waals surface area (Å²) in [7, 11) is 3.40. The minimum atomic E-state index is -0.205. The normalized spacial score (nSPS) is 13.8. The van der Waals surface area contributed by atoms with E-state index in [0.29, 0.717) is 0 Å². The van der Waals surface area contributed by atoms with E-state index >= 15 is 0 Å². The summed E-state index contributed by atoms with van der Waals surface area (Å²) in [4.78, 5) is 11.8. The molecule has 0 saturated heterocycles. The van der Waals surface area contributed by atoms with Crippen LogP contribution in [0.15, 0.2) is 18.2 Å². The first kappa shape index (κ1) is 14.5. The highest BCUT2D eigenvalue weighted by atomic mass is 16.5. The number of aryl methyl sites for hydroxylation is 1. The van der Waals surface area contributed by atoms with E-state index in [1.807, 2.05) is 39.0 Å². The molecule has 0 aromatic heterocycles. The van der Waals surface area contributed by atoms with Crippen LogP contribution in [0.25, 0.3) is 0 Å². The van der Waals surface area contributed by atoms with Crippen molar-refractivity contribution in [3.8, 4) is 5.75 Å². The Labute approximate surface area is 109 Å². The van der Waals surface area contributed by atoms with Crippen LogP contribution in [0.5, 0.6) is 5.75 Å². The summed E-state index contributed by atoms with van der Waals surface area (Å²) in [5.41, 5.74) is 2.14. The van der Waals surface area contributed by atoms with Crippen molar-refractivity contribution in [2.24, 2.45) is 0 Å². The van der Waals surface area contributed by atoms with Crippen LogP contribution in [-0.4, -0.2) is 26.1 Å². The quantitative estimate of drug-likeness (QED) is 0.837. The summed E-state index contributed by atoms with van der Waals surface area (Å²) in [6, 6.07) is 5.67. The number of methoxy groups -OCH3 is 1. The van der Waals surface area contributed by atoms with Gasteiger partial charge in [-0.25, -0.2) is 0 Å². The number of nitrogens with one attached hydrogen (secondary N) is 2. The monoisotopic (exact) mass is 250 g/mol. The van der Waals surface area contributed by atoms with Crippen LogP contribution in [0.1, 0.15) is 31.0 Å². The molecular formula is C14H22N2O2. The minimum absolute atomic E-state index is 0.0199. The number of likely N-dealkylation sites (N-methyl/N-ethyl adjacent to an activating group) is 1. The van der Waals surface area contributed by atoms with E-state index in [4.69, 9.17) is 4.74 Å². The second-order valence-corrected chi connectivity index (χ2v) is 4.49. The van der Waals surface area contributed by atoms with Gasteiger partial charge >= 0.3 is 0 Å². The fourth-order valence-corrected chi connectivity index (χ4v) is 1.74. The van der Waals surface area contributed by atoms with Gasteiger partial charge in [0.25, 0.3) is 0 Å². The van der Waals surface area contributed by atoms with Crippen molar-refractivity contribution in [1.82, 2.24) is 10.6 Å². The number of hydrogen-bond donors (Lipinski definition) is 2. The van der Waals surface area contributed by atoms with Crippen molar-refractivity contribution in [1.29, 1.82) is 0 Å². The van der Waals surface area contributed by atoms with E-state index in [-0.39, 0.29) is 18.0 Å². The number of ether oxygens (including phenoxy) is 1. The lowest BCUT2D eigenvalue weighted by atomic mass is 10.0. The van der Waals surface area contributed by atoms with E-state index in [9.17, 15) is 4.79 Å². The molecule has 0 spiro atoms. The molecule has 0 fully saturated rings. The molecule has 1 amide bonds. The number of amides is 1. The highest BCUT2D eigenvalue weighted by molar-refractivity contribution is 5.81. The SMILES string of the molecule is CNC(C)C(=O)NC(C)c1cc(C)ccc1OC. The standard InChI is InChI=1S/C14H22N2O2/c1-9-6-7-13(18-5)12(8-9)10(2)16-14(17)11(3)15-4/h6-8,10-11,15H,1-5H3,(H,16,17). The van der Waals surface area contributed by atoms with Crippen LogP contribution in [-0.2, 0) is 4.79 Å². The van der Waals surface area contributed by atoms with Crippen LogP contribution < -0.4 is 15.4 Å². The summed E-state index contributed by atoms with van der Waals surface area (Å²) in [5.74, 6) is 0.777. The second kappa shape index (κ2) is 6.40. The molecule has 0 aliphatic heterocycles. The Morgan fingerprint density at radius 1 is 1.33 bits per heavy atom. The van der Waals surface area contributed by atoms with E-state index in [0.717, 1.165) is 16.9 Å². The van der Waals surface area contributed by atoms with Crippen molar-refractivity contribution >= 4 is 5.91 Å². The van der Waals surface area contributed by atoms with Gasteiger partial charge in [0.05, 0.1) is 19.2 Å². The molecule has 0 saturated carbocycles. The fourth-order valence-electron chi connectivity index (χ4n) is 1.74. The van der Waals surface area contributed by atoms with Crippen LogP contribution in [0.4, 0.5) is 0 Å². The molecule has 1 aromatic carbocycles. The second-order valence-electron chi connectivity index (χ2n) is 4.49. The molecule has 0 aliphatic carbocycles. The van der Waals surface area contributed by atoms with Crippen LogP contribution >= 0.6 is 0 Å². The molecule has 0 bridgehead atoms. The van der Waals surface area contributed by atoms with E-state index in [1.54, 1.807) is 14.2 Å². The maximum absolute atomic E-state index is 11.8. The van der Waals surface area contributed by atoms with Gasteiger partial charge in [-0.1, -0.05) is 17.7 Å². The molecule has 2 atom stereocenters. The molecule has 0 aliphatic rings. The molecule has 0 heterocycles. The van der Waals surface area contributed by atoms with E-state index in [2.05, 4.69) is 10.6 Å². The molecular weight excluding hydrogens is 228 g/mol. The zero-order chi connectivity index (χ0) is 13.7. The summed E-state index contributed by atoms with van der Waals surface area (Å²) < 4.78 is 5.32. The van der Waals surface area contributed by atoms with Crippen LogP contribution in [0, 0.1) is 6.92 Å². The lowest BCUT2D eigenvalue weighted by Crippen LogP contribution is -2.41. The molecule has 18 heavy (non-hydrogen) atoms. The Kier molecular flexibility index (Phi) is 5.16. The fraction of sp³-hybridized carbons (Fsp3) is 0.500. The van der Waals surface area contributed by atoms with Crippen LogP contribution in [0.2, 0.25) is 0 Å². The van der Waals surface area contributed by atoms with E-state index < -0.39 is 0 Å². The minimum Gasteiger partial charge on any atom is -0.496 e. The smallest absolute Gasteiger partial charge is 0.237 e. The van der Waals surface area contributed by atoms with Gasteiger partial charge in [0, 0.05) is 5.56 Å². The van der Waals surface area contributed by atoms with Crippen molar-refractivity contribution in [2.75, 3.05) is 14.2 Å². The zero-order valence-corrected chi connectivity index (χ0v) is 11.7. The molecule has 2 unspecified atom stereocenters. The van der Waals surface area contributed by atoms with E-state index in [1.165, 1.54) is 0 Å². The summed E-state index contributed by atoms with van der Waals surface area (Å²) in [5, 5.41) is 5.89. The summed E-state index contributed by atoms with van der Waals surface area (Å²) in [6.45, 7) is 5.81. The summed E-state index contributed by atoms with van der Waals surface area (Å²) in [6.07, 6.45) is 0. The molecule has 4 heteroatoms. The van der Waals surface area contributed by atoms with Crippen molar-refractivity contribution in [3.63, 3.8) is 0 Å². The first-order valence-electron chi connectivity index (χ1n) is 6.11. The number of hydrogen-bond acceptors (Lipinski definition) is 3. The van der Waals surface area contributed by atoms with Crippen LogP contribution in [0.3, 0.4) is 0 Å². The average Bonchev–Trinajstić information content (AvgIpc) is 2.37. The number of rotatable bonds is 5. The van der Waals surface area contributed by atoms with Gasteiger partial charge in [0.2, 0.25) is 5.91 Å². The third-order valence-electron chi connectivity index (χ3n) is 3.04. The predicted octanol–water partition coefficient (Wildman–Crippen LogP) is 1.79. The lowest BCUT2D eigenvalue weighted by Gasteiger charge is -2.20. The molecule has 4 nitrogen and oxygen atoms in total. The first-order chi connectivity index (χ1) is 8.49. The van der Waals surface area contributed by atoms with Gasteiger partial charge in [-0.05, 0) is 33.9 Å². The predicted molar refractivity (Wildman–Crippen MR) is 72.8 cm³/mol. The number of carbonyl (C=O) groups excluding carboxylic acids is 1. The highest BCUT2D eigenvalue weighted by Crippen LogP contribution is 2.25. The molecule has 1 aromatic rings. The van der Waals surface area contributed by atoms with Gasteiger partial charge in [-0.2, -0.15) is 0 Å². The average molecular weight is 250 g/mol. The largest absolute Gasteiger partial charge is 0.496 e. The number of benzene rings is 1. The maximum atomic E-state index is 11.8. The third kappa shape index (κ3) is 3.47. The zero-order valence-electron chi connectivity index (χ0n) is 11.7. The topological polar surface area (TPSA) is 50.4 Å². The van der Waals surface area contributed by atoms with Gasteiger partial charge in [0.15, 0.2) is 0 Å². The van der Waals surface area contributed by atoms with Gasteiger partial charge in [0.1, 0.15) is 5.75 Å². The third-order valence-corrected chi connectivity index (χ3v) is 3.04. The molecule has 1 rings (SSSR count). The highest BCUT2D eigenvalue weighted by Gasteiger charge is 2.17. The molecule has 100 valence electrons. The van der Waals surface area contributed by atoms with Crippen molar-refractivity contribution in [3.05, 3.63) is 29.3 Å².